The van der Waals surface area contributed by atoms with Crippen molar-refractivity contribution < 1.29 is 14.0 Å². The third kappa shape index (κ3) is 4.82. The Morgan fingerprint density at radius 1 is 1.18 bits per heavy atom. The Balaban J connectivity index is 1.38. The highest BCUT2D eigenvalue weighted by Gasteiger charge is 2.40. The molecule has 34 heavy (non-hydrogen) atoms. The molecule has 9 heteroatoms. The molecule has 2 aromatic carbocycles. The maximum atomic E-state index is 14.4. The van der Waals surface area contributed by atoms with E-state index in [2.05, 4.69) is 20.7 Å². The smallest absolute Gasteiger partial charge is 0.243 e. The van der Waals surface area contributed by atoms with Gasteiger partial charge in [0.05, 0.1) is 30.9 Å². The normalized spacial score (nSPS) is 20.8. The summed E-state index contributed by atoms with van der Waals surface area (Å²) >= 11 is 6.58. The van der Waals surface area contributed by atoms with Crippen LogP contribution in [0, 0.1) is 0 Å². The molecule has 2 N–H and O–H groups in total. The van der Waals surface area contributed by atoms with Crippen LogP contribution < -0.4 is 5.32 Å². The third-order valence-electron chi connectivity index (χ3n) is 6.46. The molecule has 3 atom stereocenters. The van der Waals surface area contributed by atoms with E-state index in [9.17, 15) is 14.0 Å². The van der Waals surface area contributed by atoms with Gasteiger partial charge in [-0.3, -0.25) is 9.59 Å². The van der Waals surface area contributed by atoms with Crippen molar-refractivity contribution in [2.45, 2.75) is 49.9 Å². The van der Waals surface area contributed by atoms with Crippen LogP contribution in [-0.4, -0.2) is 50.9 Å². The van der Waals surface area contributed by atoms with Crippen LogP contribution in [0.1, 0.15) is 53.6 Å². The summed E-state index contributed by atoms with van der Waals surface area (Å²) in [7, 11) is 0. The fourth-order valence-corrected chi connectivity index (χ4v) is 4.91. The topological polar surface area (TPSA) is 91.0 Å². The summed E-state index contributed by atoms with van der Waals surface area (Å²) in [6, 6.07) is 14.1. The molecule has 7 nitrogen and oxygen atoms in total. The van der Waals surface area contributed by atoms with E-state index in [-0.39, 0.29) is 25.3 Å². The van der Waals surface area contributed by atoms with Crippen LogP contribution >= 0.6 is 11.6 Å². The van der Waals surface area contributed by atoms with Gasteiger partial charge in [-0.25, -0.2) is 4.39 Å². The second kappa shape index (κ2) is 9.54. The van der Waals surface area contributed by atoms with Gasteiger partial charge in [-0.05, 0) is 41.5 Å². The number of amides is 2. The largest absolute Gasteiger partial charge is 0.343 e. The molecule has 2 aliphatic rings. The van der Waals surface area contributed by atoms with Crippen LogP contribution in [0.3, 0.4) is 0 Å². The van der Waals surface area contributed by atoms with Crippen molar-refractivity contribution in [3.05, 3.63) is 82.1 Å². The first-order valence-electron chi connectivity index (χ1n) is 11.4. The minimum Gasteiger partial charge on any atom is -0.343 e. The SMILES string of the molecule is O=C(N[C@@H](c1ccccc1)c1ccc(C2CC2)c(Cl)c1)[C@@H]1C[C@@H](F)CN1C(=O)Cc1cn[nH]n1. The van der Waals surface area contributed by atoms with Gasteiger partial charge in [-0.2, -0.15) is 15.4 Å². The number of halogens is 2. The fraction of sp³-hybridized carbons (Fsp3) is 0.360. The van der Waals surface area contributed by atoms with E-state index in [0.717, 1.165) is 29.5 Å². The summed E-state index contributed by atoms with van der Waals surface area (Å²) in [5, 5.41) is 13.8. The lowest BCUT2D eigenvalue weighted by Crippen LogP contribution is -2.47. The molecule has 1 aromatic heterocycles. The zero-order valence-corrected chi connectivity index (χ0v) is 19.2. The molecular formula is C25H25ClFN5O2. The minimum atomic E-state index is -1.26. The van der Waals surface area contributed by atoms with Gasteiger partial charge in [0.2, 0.25) is 11.8 Å². The van der Waals surface area contributed by atoms with Crippen LogP contribution in [0.25, 0.3) is 0 Å². The molecule has 0 radical (unpaired) electrons. The molecular weight excluding hydrogens is 457 g/mol. The van der Waals surface area contributed by atoms with Gasteiger partial charge in [0.1, 0.15) is 12.2 Å². The van der Waals surface area contributed by atoms with Crippen LogP contribution in [-0.2, 0) is 16.0 Å². The Hall–Kier alpha value is -3.26. The van der Waals surface area contributed by atoms with E-state index in [4.69, 9.17) is 11.6 Å². The standard InChI is InChI=1S/C25H25ClFN5O2/c26-21-10-17(8-9-20(21)15-6-7-15)24(16-4-2-1-3-5-16)29-25(34)22-11-18(27)14-32(22)23(33)12-19-13-28-31-30-19/h1-5,8-10,13,15,18,22,24H,6-7,11-12,14H2,(H,29,34)(H,28,30,31)/t18-,22+,24+/m1/s1. The quantitative estimate of drug-likeness (QED) is 0.538. The number of rotatable bonds is 7. The lowest BCUT2D eigenvalue weighted by atomic mass is 9.96. The van der Waals surface area contributed by atoms with Gasteiger partial charge in [0.15, 0.2) is 0 Å². The third-order valence-corrected chi connectivity index (χ3v) is 6.79. The van der Waals surface area contributed by atoms with Gasteiger partial charge < -0.3 is 10.2 Å². The van der Waals surface area contributed by atoms with E-state index >= 15 is 0 Å². The second-order valence-corrected chi connectivity index (χ2v) is 9.35. The molecule has 2 fully saturated rings. The van der Waals surface area contributed by atoms with Gasteiger partial charge in [-0.1, -0.05) is 54.1 Å². The van der Waals surface area contributed by atoms with Crippen LogP contribution in [0.5, 0.6) is 0 Å². The van der Waals surface area contributed by atoms with Gasteiger partial charge in [0.25, 0.3) is 0 Å². The maximum absolute atomic E-state index is 14.4. The molecule has 2 amide bonds. The number of likely N-dealkylation sites (tertiary alicyclic amines) is 1. The molecule has 3 aromatic rings. The first kappa shape index (κ1) is 22.5. The molecule has 0 bridgehead atoms. The van der Waals surface area contributed by atoms with Crippen molar-refractivity contribution in [1.82, 2.24) is 25.6 Å². The summed E-state index contributed by atoms with van der Waals surface area (Å²) in [6.45, 7) is -0.118. The average Bonchev–Trinajstić information content (AvgIpc) is 3.40. The van der Waals surface area contributed by atoms with Crippen molar-refractivity contribution in [3.63, 3.8) is 0 Å². The molecule has 176 valence electrons. The van der Waals surface area contributed by atoms with Crippen molar-refractivity contribution in [2.75, 3.05) is 6.54 Å². The lowest BCUT2D eigenvalue weighted by molar-refractivity contribution is -0.138. The molecule has 2 heterocycles. The van der Waals surface area contributed by atoms with E-state index in [0.29, 0.717) is 16.6 Å². The summed E-state index contributed by atoms with van der Waals surface area (Å²) in [5.41, 5.74) is 3.29. The van der Waals surface area contributed by atoms with Gasteiger partial charge >= 0.3 is 0 Å². The number of aromatic nitrogens is 3. The summed E-state index contributed by atoms with van der Waals surface area (Å²) in [5.74, 6) is -0.247. The number of hydrogen-bond acceptors (Lipinski definition) is 4. The zero-order valence-electron chi connectivity index (χ0n) is 18.5. The number of benzene rings is 2. The number of carbonyl (C=O) groups is 2. The predicted molar refractivity (Wildman–Crippen MR) is 125 cm³/mol. The van der Waals surface area contributed by atoms with Gasteiger partial charge in [-0.15, -0.1) is 0 Å². The van der Waals surface area contributed by atoms with E-state index in [1.807, 2.05) is 48.5 Å². The molecule has 0 unspecified atom stereocenters. The highest BCUT2D eigenvalue weighted by atomic mass is 35.5. The fourth-order valence-electron chi connectivity index (χ4n) is 4.57. The minimum absolute atomic E-state index is 0.0424. The second-order valence-electron chi connectivity index (χ2n) is 8.94. The summed E-state index contributed by atoms with van der Waals surface area (Å²) < 4.78 is 14.4. The number of nitrogens with zero attached hydrogens (tertiary/aromatic N) is 3. The first-order chi connectivity index (χ1) is 16.5. The number of nitrogens with one attached hydrogen (secondary N) is 2. The average molecular weight is 482 g/mol. The van der Waals surface area contributed by atoms with Crippen molar-refractivity contribution in [3.8, 4) is 0 Å². The Labute approximate surface area is 201 Å². The van der Waals surface area contributed by atoms with Crippen molar-refractivity contribution in [1.29, 1.82) is 0 Å². The number of hydrogen-bond donors (Lipinski definition) is 2. The molecule has 1 saturated carbocycles. The summed E-state index contributed by atoms with van der Waals surface area (Å²) in [4.78, 5) is 27.5. The highest BCUT2D eigenvalue weighted by molar-refractivity contribution is 6.31. The molecule has 0 spiro atoms. The molecule has 5 rings (SSSR count). The molecule has 1 aliphatic carbocycles. The van der Waals surface area contributed by atoms with Crippen LogP contribution in [0.4, 0.5) is 4.39 Å². The highest BCUT2D eigenvalue weighted by Crippen LogP contribution is 2.44. The Bertz CT molecular complexity index is 1170. The molecule has 1 aliphatic heterocycles. The molecule has 1 saturated heterocycles. The van der Waals surface area contributed by atoms with Crippen molar-refractivity contribution >= 4 is 23.4 Å². The predicted octanol–water partition coefficient (Wildman–Crippen LogP) is 3.72. The van der Waals surface area contributed by atoms with Crippen LogP contribution in [0.2, 0.25) is 5.02 Å². The summed E-state index contributed by atoms with van der Waals surface area (Å²) in [6.07, 6.45) is 2.37. The monoisotopic (exact) mass is 481 g/mol. The van der Waals surface area contributed by atoms with E-state index in [1.165, 1.54) is 11.1 Å². The lowest BCUT2D eigenvalue weighted by Gasteiger charge is -2.27. The first-order valence-corrected chi connectivity index (χ1v) is 11.8. The maximum Gasteiger partial charge on any atom is 0.243 e. The number of carbonyl (C=O) groups excluding carboxylic acids is 2. The number of H-pyrrole nitrogens is 1. The van der Waals surface area contributed by atoms with E-state index < -0.39 is 24.2 Å². The van der Waals surface area contributed by atoms with Gasteiger partial charge in [0, 0.05) is 11.4 Å². The number of alkyl halides is 1. The Morgan fingerprint density at radius 3 is 2.65 bits per heavy atom. The van der Waals surface area contributed by atoms with Crippen LogP contribution in [0.15, 0.2) is 54.7 Å². The Kier molecular flexibility index (Phi) is 6.32. The van der Waals surface area contributed by atoms with E-state index in [1.54, 1.807) is 0 Å². The Morgan fingerprint density at radius 2 is 1.97 bits per heavy atom. The number of aromatic amines is 1. The zero-order chi connectivity index (χ0) is 23.7. The van der Waals surface area contributed by atoms with Crippen molar-refractivity contribution in [2.24, 2.45) is 0 Å².